The third-order valence-electron chi connectivity index (χ3n) is 3.68. The lowest BCUT2D eigenvalue weighted by Crippen LogP contribution is -2.11. The molecule has 0 aliphatic carbocycles. The van der Waals surface area contributed by atoms with Gasteiger partial charge in [0.2, 0.25) is 11.8 Å². The minimum absolute atomic E-state index is 0.114. The van der Waals surface area contributed by atoms with Crippen molar-refractivity contribution in [1.29, 1.82) is 0 Å². The number of nitrogens with one attached hydrogen (secondary N) is 2. The number of nitro groups is 1. The molecular weight excluding hydrogens is 423 g/mol. The number of amides is 2. The predicted octanol–water partition coefficient (Wildman–Crippen LogP) is 3.95. The molecule has 12 heteroatoms. The third-order valence-corrected chi connectivity index (χ3v) is 3.68. The molecule has 0 unspecified atom stereocenters. The van der Waals surface area contributed by atoms with E-state index in [0.717, 1.165) is 37.5 Å². The van der Waals surface area contributed by atoms with E-state index in [0.29, 0.717) is 0 Å². The van der Waals surface area contributed by atoms with Crippen LogP contribution in [0.5, 0.6) is 11.5 Å². The maximum Gasteiger partial charge on any atom is 0.387 e. The summed E-state index contributed by atoms with van der Waals surface area (Å²) in [4.78, 5) is 33.7. The summed E-state index contributed by atoms with van der Waals surface area (Å²) in [6.45, 7) is -2.04. The molecule has 31 heavy (non-hydrogen) atoms. The molecule has 0 bridgehead atoms. The van der Waals surface area contributed by atoms with Crippen LogP contribution < -0.4 is 20.1 Å². The summed E-state index contributed by atoms with van der Waals surface area (Å²) in [5, 5.41) is 15.9. The van der Waals surface area contributed by atoms with E-state index in [1.165, 1.54) is 19.1 Å². The van der Waals surface area contributed by atoms with Crippen LogP contribution in [0.15, 0.2) is 36.4 Å². The molecule has 0 saturated heterocycles. The van der Waals surface area contributed by atoms with Crippen LogP contribution in [0, 0.1) is 15.9 Å². The van der Waals surface area contributed by atoms with E-state index in [1.807, 2.05) is 0 Å². The number of nitrogens with zero attached hydrogens (tertiary/aromatic N) is 1. The first kappa shape index (κ1) is 23.2. The number of benzene rings is 2. The molecule has 164 valence electrons. The average Bonchev–Trinajstić information content (AvgIpc) is 2.68. The number of rotatable bonds is 8. The summed E-state index contributed by atoms with van der Waals surface area (Å²) in [7, 11) is 1.15. The van der Waals surface area contributed by atoms with Crippen molar-refractivity contribution < 1.29 is 37.2 Å². The first-order chi connectivity index (χ1) is 14.6. The maximum atomic E-state index is 13.7. The van der Waals surface area contributed by atoms with Crippen molar-refractivity contribution in [3.63, 3.8) is 0 Å². The normalized spacial score (nSPS) is 10.8. The van der Waals surface area contributed by atoms with Gasteiger partial charge in [-0.15, -0.1) is 0 Å². The minimum atomic E-state index is -3.22. The van der Waals surface area contributed by atoms with E-state index in [-0.39, 0.29) is 22.7 Å². The summed E-state index contributed by atoms with van der Waals surface area (Å²) in [5.74, 6) is -2.70. The molecule has 0 atom stereocenters. The zero-order chi connectivity index (χ0) is 23.1. The fourth-order valence-electron chi connectivity index (χ4n) is 2.44. The number of methoxy groups -OCH3 is 1. The van der Waals surface area contributed by atoms with Crippen LogP contribution in [0.2, 0.25) is 0 Å². The summed E-state index contributed by atoms with van der Waals surface area (Å²) >= 11 is 0. The highest BCUT2D eigenvalue weighted by Gasteiger charge is 2.20. The van der Waals surface area contributed by atoms with Gasteiger partial charge in [0.05, 0.1) is 29.4 Å². The van der Waals surface area contributed by atoms with Gasteiger partial charge >= 0.3 is 6.61 Å². The quantitative estimate of drug-likeness (QED) is 0.365. The molecule has 0 aliphatic rings. The molecule has 2 N–H and O–H groups in total. The number of hydrogen-bond acceptors (Lipinski definition) is 6. The van der Waals surface area contributed by atoms with Gasteiger partial charge in [-0.3, -0.25) is 19.7 Å². The van der Waals surface area contributed by atoms with E-state index in [9.17, 15) is 32.9 Å². The number of carbonyl (C=O) groups is 2. The van der Waals surface area contributed by atoms with Gasteiger partial charge in [0.25, 0.3) is 5.69 Å². The SMILES string of the molecule is COc1cc(/C=C/C(=O)Nc2ccc(F)c(NC(C)=O)c2)c([N+](=O)[O-])cc1OC(F)F. The lowest BCUT2D eigenvalue weighted by Gasteiger charge is -2.11. The Morgan fingerprint density at radius 2 is 1.87 bits per heavy atom. The van der Waals surface area contributed by atoms with Crippen molar-refractivity contribution in [1.82, 2.24) is 0 Å². The van der Waals surface area contributed by atoms with E-state index in [1.54, 1.807) is 0 Å². The lowest BCUT2D eigenvalue weighted by atomic mass is 10.1. The Kier molecular flexibility index (Phi) is 7.55. The third kappa shape index (κ3) is 6.45. The Morgan fingerprint density at radius 3 is 2.45 bits per heavy atom. The molecule has 0 radical (unpaired) electrons. The Morgan fingerprint density at radius 1 is 1.16 bits per heavy atom. The van der Waals surface area contributed by atoms with Gasteiger partial charge in [-0.1, -0.05) is 0 Å². The minimum Gasteiger partial charge on any atom is -0.493 e. The maximum absolute atomic E-state index is 13.7. The number of carbonyl (C=O) groups excluding carboxylic acids is 2. The highest BCUT2D eigenvalue weighted by molar-refractivity contribution is 6.02. The Hall–Kier alpha value is -4.09. The van der Waals surface area contributed by atoms with Gasteiger partial charge in [0.1, 0.15) is 5.82 Å². The van der Waals surface area contributed by atoms with Crippen LogP contribution in [0.25, 0.3) is 6.08 Å². The molecule has 2 aromatic carbocycles. The highest BCUT2D eigenvalue weighted by atomic mass is 19.3. The summed E-state index contributed by atoms with van der Waals surface area (Å²) in [5.41, 5.74) is -0.719. The fraction of sp³-hybridized carbons (Fsp3) is 0.158. The second kappa shape index (κ2) is 10.1. The Bertz CT molecular complexity index is 1040. The fourth-order valence-corrected chi connectivity index (χ4v) is 2.44. The predicted molar refractivity (Wildman–Crippen MR) is 105 cm³/mol. The first-order valence-corrected chi connectivity index (χ1v) is 8.48. The zero-order valence-corrected chi connectivity index (χ0v) is 16.1. The summed E-state index contributed by atoms with van der Waals surface area (Å²) in [6.07, 6.45) is 2.01. The molecule has 0 fully saturated rings. The smallest absolute Gasteiger partial charge is 0.387 e. The number of hydrogen-bond donors (Lipinski definition) is 2. The Balaban J connectivity index is 2.27. The summed E-state index contributed by atoms with van der Waals surface area (Å²) < 4.78 is 47.8. The lowest BCUT2D eigenvalue weighted by molar-refractivity contribution is -0.385. The van der Waals surface area contributed by atoms with Crippen molar-refractivity contribution in [2.75, 3.05) is 17.7 Å². The van der Waals surface area contributed by atoms with Gasteiger partial charge in [-0.2, -0.15) is 8.78 Å². The van der Waals surface area contributed by atoms with Crippen molar-refractivity contribution in [3.8, 4) is 11.5 Å². The van der Waals surface area contributed by atoms with Crippen molar-refractivity contribution in [3.05, 3.63) is 57.9 Å². The number of alkyl halides is 2. The van der Waals surface area contributed by atoms with Gasteiger partial charge < -0.3 is 20.1 Å². The molecular formula is C19H16F3N3O6. The topological polar surface area (TPSA) is 120 Å². The molecule has 0 saturated carbocycles. The van der Waals surface area contributed by atoms with Gasteiger partial charge in [-0.05, 0) is 30.3 Å². The molecule has 0 spiro atoms. The van der Waals surface area contributed by atoms with Crippen molar-refractivity contribution >= 4 is 35.0 Å². The van der Waals surface area contributed by atoms with Gasteiger partial charge in [0.15, 0.2) is 11.5 Å². The Labute approximate surface area is 173 Å². The number of halogens is 3. The first-order valence-electron chi connectivity index (χ1n) is 8.48. The molecule has 0 heterocycles. The molecule has 9 nitrogen and oxygen atoms in total. The van der Waals surface area contributed by atoms with Gasteiger partial charge in [0, 0.05) is 18.7 Å². The number of ether oxygens (including phenoxy) is 2. The monoisotopic (exact) mass is 439 g/mol. The molecule has 2 aromatic rings. The van der Waals surface area contributed by atoms with Crippen LogP contribution in [0.3, 0.4) is 0 Å². The molecule has 2 rings (SSSR count). The standard InChI is InChI=1S/C19H16F3N3O6/c1-10(26)23-14-8-12(4-5-13(14)20)24-18(27)6-3-11-7-16(30-2)17(31-19(21)22)9-15(11)25(28)29/h3-9,19H,1-2H3,(H,23,26)(H,24,27)/b6-3+. The van der Waals surface area contributed by atoms with Crippen LogP contribution in [-0.2, 0) is 9.59 Å². The summed E-state index contributed by atoms with van der Waals surface area (Å²) in [6, 6.07) is 5.27. The number of anilines is 2. The van der Waals surface area contributed by atoms with E-state index >= 15 is 0 Å². The van der Waals surface area contributed by atoms with E-state index < -0.39 is 40.6 Å². The largest absolute Gasteiger partial charge is 0.493 e. The molecule has 2 amide bonds. The van der Waals surface area contributed by atoms with E-state index in [2.05, 4.69) is 15.4 Å². The van der Waals surface area contributed by atoms with E-state index in [4.69, 9.17) is 4.74 Å². The second-order valence-corrected chi connectivity index (χ2v) is 5.90. The van der Waals surface area contributed by atoms with Crippen molar-refractivity contribution in [2.24, 2.45) is 0 Å². The van der Waals surface area contributed by atoms with Crippen LogP contribution in [0.1, 0.15) is 12.5 Å². The van der Waals surface area contributed by atoms with Crippen LogP contribution in [0.4, 0.5) is 30.2 Å². The van der Waals surface area contributed by atoms with Crippen LogP contribution in [-0.4, -0.2) is 30.5 Å². The molecule has 0 aromatic heterocycles. The van der Waals surface area contributed by atoms with Crippen LogP contribution >= 0.6 is 0 Å². The van der Waals surface area contributed by atoms with Gasteiger partial charge in [-0.25, -0.2) is 4.39 Å². The number of nitro benzene ring substituents is 1. The second-order valence-electron chi connectivity index (χ2n) is 5.90. The average molecular weight is 439 g/mol. The highest BCUT2D eigenvalue weighted by Crippen LogP contribution is 2.36. The molecule has 0 aliphatic heterocycles. The van der Waals surface area contributed by atoms with Crippen molar-refractivity contribution in [2.45, 2.75) is 13.5 Å². The zero-order valence-electron chi connectivity index (χ0n) is 16.1.